The molecule has 16 heavy (non-hydrogen) atoms. The highest BCUT2D eigenvalue weighted by Crippen LogP contribution is 2.24. The average molecular weight is 222 g/mol. The average Bonchev–Trinajstić information content (AvgIpc) is 2.23. The molecule has 90 valence electrons. The molecule has 0 radical (unpaired) electrons. The van der Waals surface area contributed by atoms with Gasteiger partial charge in [0.1, 0.15) is 0 Å². The molecule has 0 bridgehead atoms. The monoisotopic (exact) mass is 222 g/mol. The summed E-state index contributed by atoms with van der Waals surface area (Å²) in [5, 5.41) is 10.1. The predicted molar refractivity (Wildman–Crippen MR) is 66.7 cm³/mol. The number of rotatable bonds is 5. The summed E-state index contributed by atoms with van der Waals surface area (Å²) in [6.45, 7) is 6.95. The van der Waals surface area contributed by atoms with E-state index in [1.165, 1.54) is 16.7 Å². The smallest absolute Gasteiger partial charge is 0.0793 e. The molecule has 0 saturated heterocycles. The standard InChI is InChI=1S/C14H22O2/c1-10-8-12(3)13(9-11(10)2)14(15)6-5-7-16-4/h8-9,14-15H,5-7H2,1-4H3. The molecule has 0 aliphatic heterocycles. The van der Waals surface area contributed by atoms with Crippen molar-refractivity contribution in [3.63, 3.8) is 0 Å². The number of ether oxygens (including phenoxy) is 1. The third-order valence-electron chi connectivity index (χ3n) is 3.07. The van der Waals surface area contributed by atoms with Gasteiger partial charge in [0.15, 0.2) is 0 Å². The van der Waals surface area contributed by atoms with Gasteiger partial charge in [-0.15, -0.1) is 0 Å². The maximum Gasteiger partial charge on any atom is 0.0793 e. The molecule has 1 N–H and O–H groups in total. The summed E-state index contributed by atoms with van der Waals surface area (Å²) in [6.07, 6.45) is 1.29. The topological polar surface area (TPSA) is 29.5 Å². The molecule has 0 saturated carbocycles. The summed E-state index contributed by atoms with van der Waals surface area (Å²) in [5.41, 5.74) is 4.75. The fraction of sp³-hybridized carbons (Fsp3) is 0.571. The maximum absolute atomic E-state index is 10.1. The summed E-state index contributed by atoms with van der Waals surface area (Å²) in [4.78, 5) is 0. The van der Waals surface area contributed by atoms with Gasteiger partial charge in [-0.1, -0.05) is 12.1 Å². The van der Waals surface area contributed by atoms with Crippen LogP contribution in [0.5, 0.6) is 0 Å². The molecule has 0 amide bonds. The van der Waals surface area contributed by atoms with Gasteiger partial charge in [-0.3, -0.25) is 0 Å². The van der Waals surface area contributed by atoms with Gasteiger partial charge in [-0.2, -0.15) is 0 Å². The van der Waals surface area contributed by atoms with Crippen molar-refractivity contribution in [3.8, 4) is 0 Å². The van der Waals surface area contributed by atoms with Crippen molar-refractivity contribution in [2.24, 2.45) is 0 Å². The van der Waals surface area contributed by atoms with Crippen molar-refractivity contribution >= 4 is 0 Å². The Hall–Kier alpha value is -0.860. The van der Waals surface area contributed by atoms with E-state index in [4.69, 9.17) is 4.74 Å². The van der Waals surface area contributed by atoms with Crippen molar-refractivity contribution in [1.29, 1.82) is 0 Å². The molecule has 1 rings (SSSR count). The van der Waals surface area contributed by atoms with Crippen molar-refractivity contribution in [2.75, 3.05) is 13.7 Å². The van der Waals surface area contributed by atoms with Crippen LogP contribution in [0.3, 0.4) is 0 Å². The minimum atomic E-state index is -0.366. The van der Waals surface area contributed by atoms with E-state index < -0.39 is 0 Å². The van der Waals surface area contributed by atoms with Gasteiger partial charge >= 0.3 is 0 Å². The fourth-order valence-electron chi connectivity index (χ4n) is 1.92. The third kappa shape index (κ3) is 3.32. The molecule has 2 nitrogen and oxygen atoms in total. The molecule has 1 aromatic carbocycles. The van der Waals surface area contributed by atoms with Crippen LogP contribution < -0.4 is 0 Å². The van der Waals surface area contributed by atoms with Crippen LogP contribution in [0.2, 0.25) is 0 Å². The Kier molecular flexibility index (Phi) is 4.97. The van der Waals surface area contributed by atoms with Crippen LogP contribution in [0.25, 0.3) is 0 Å². The zero-order chi connectivity index (χ0) is 12.1. The second-order valence-electron chi connectivity index (χ2n) is 4.44. The van der Waals surface area contributed by atoms with E-state index in [0.29, 0.717) is 6.61 Å². The molecule has 0 aliphatic rings. The van der Waals surface area contributed by atoms with Gasteiger partial charge in [0.25, 0.3) is 0 Å². The Morgan fingerprint density at radius 2 is 1.75 bits per heavy atom. The van der Waals surface area contributed by atoms with E-state index in [0.717, 1.165) is 18.4 Å². The lowest BCUT2D eigenvalue weighted by molar-refractivity contribution is 0.136. The molecule has 1 aromatic rings. The molecule has 0 aromatic heterocycles. The second-order valence-corrected chi connectivity index (χ2v) is 4.44. The molecule has 0 spiro atoms. The van der Waals surface area contributed by atoms with E-state index >= 15 is 0 Å². The van der Waals surface area contributed by atoms with E-state index in [2.05, 4.69) is 32.9 Å². The van der Waals surface area contributed by atoms with E-state index in [9.17, 15) is 5.11 Å². The maximum atomic E-state index is 10.1. The van der Waals surface area contributed by atoms with E-state index in [1.54, 1.807) is 7.11 Å². The zero-order valence-electron chi connectivity index (χ0n) is 10.7. The van der Waals surface area contributed by atoms with Gasteiger partial charge in [0.05, 0.1) is 6.10 Å². The van der Waals surface area contributed by atoms with Crippen LogP contribution in [0.15, 0.2) is 12.1 Å². The highest BCUT2D eigenvalue weighted by molar-refractivity contribution is 5.37. The van der Waals surface area contributed by atoms with Crippen molar-refractivity contribution in [3.05, 3.63) is 34.4 Å². The molecule has 1 atom stereocenters. The summed E-state index contributed by atoms with van der Waals surface area (Å²) < 4.78 is 4.99. The first-order valence-electron chi connectivity index (χ1n) is 5.81. The first-order chi connectivity index (χ1) is 7.56. The van der Waals surface area contributed by atoms with E-state index in [-0.39, 0.29) is 6.10 Å². The van der Waals surface area contributed by atoms with Crippen molar-refractivity contribution in [2.45, 2.75) is 39.7 Å². The van der Waals surface area contributed by atoms with Crippen LogP contribution in [0.1, 0.15) is 41.2 Å². The van der Waals surface area contributed by atoms with Crippen LogP contribution in [-0.4, -0.2) is 18.8 Å². The normalized spacial score (nSPS) is 12.8. The minimum Gasteiger partial charge on any atom is -0.388 e. The molecular weight excluding hydrogens is 200 g/mol. The second kappa shape index (κ2) is 6.02. The fourth-order valence-corrected chi connectivity index (χ4v) is 1.92. The molecular formula is C14H22O2. The van der Waals surface area contributed by atoms with E-state index in [1.807, 2.05) is 0 Å². The Morgan fingerprint density at radius 3 is 2.38 bits per heavy atom. The Morgan fingerprint density at radius 1 is 1.12 bits per heavy atom. The first kappa shape index (κ1) is 13.2. The predicted octanol–water partition coefficient (Wildman–Crippen LogP) is 3.07. The van der Waals surface area contributed by atoms with Crippen LogP contribution in [0.4, 0.5) is 0 Å². The van der Waals surface area contributed by atoms with Crippen molar-refractivity contribution < 1.29 is 9.84 Å². The van der Waals surface area contributed by atoms with Gasteiger partial charge in [-0.25, -0.2) is 0 Å². The summed E-state index contributed by atoms with van der Waals surface area (Å²) in [7, 11) is 1.69. The van der Waals surface area contributed by atoms with Crippen LogP contribution in [-0.2, 0) is 4.74 Å². The zero-order valence-corrected chi connectivity index (χ0v) is 10.7. The lowest BCUT2D eigenvalue weighted by atomic mass is 9.95. The summed E-state index contributed by atoms with van der Waals surface area (Å²) in [5.74, 6) is 0. The summed E-state index contributed by atoms with van der Waals surface area (Å²) >= 11 is 0. The highest BCUT2D eigenvalue weighted by atomic mass is 16.5. The molecule has 0 heterocycles. The van der Waals surface area contributed by atoms with Gasteiger partial charge in [-0.05, 0) is 55.9 Å². The number of aryl methyl sites for hydroxylation is 3. The molecule has 2 heteroatoms. The van der Waals surface area contributed by atoms with Crippen LogP contribution >= 0.6 is 0 Å². The minimum absolute atomic E-state index is 0.366. The summed E-state index contributed by atoms with van der Waals surface area (Å²) in [6, 6.07) is 4.24. The van der Waals surface area contributed by atoms with Gasteiger partial charge in [0.2, 0.25) is 0 Å². The number of hydrogen-bond donors (Lipinski definition) is 1. The molecule has 0 aliphatic carbocycles. The quantitative estimate of drug-likeness (QED) is 0.776. The lowest BCUT2D eigenvalue weighted by Gasteiger charge is -2.15. The number of aliphatic hydroxyl groups is 1. The van der Waals surface area contributed by atoms with Gasteiger partial charge < -0.3 is 9.84 Å². The largest absolute Gasteiger partial charge is 0.388 e. The lowest BCUT2D eigenvalue weighted by Crippen LogP contribution is -2.03. The highest BCUT2D eigenvalue weighted by Gasteiger charge is 2.11. The SMILES string of the molecule is COCCCC(O)c1cc(C)c(C)cc1C. The number of benzene rings is 1. The third-order valence-corrected chi connectivity index (χ3v) is 3.07. The van der Waals surface area contributed by atoms with Crippen molar-refractivity contribution in [1.82, 2.24) is 0 Å². The van der Waals surface area contributed by atoms with Crippen LogP contribution in [0, 0.1) is 20.8 Å². The Bertz CT molecular complexity index is 345. The number of hydrogen-bond acceptors (Lipinski definition) is 2. The number of aliphatic hydroxyl groups excluding tert-OH is 1. The Labute approximate surface area is 98.3 Å². The molecule has 1 unspecified atom stereocenters. The molecule has 0 fully saturated rings. The number of methoxy groups -OCH3 is 1. The first-order valence-corrected chi connectivity index (χ1v) is 5.81. The Balaban J connectivity index is 2.75. The van der Waals surface area contributed by atoms with Gasteiger partial charge in [0, 0.05) is 13.7 Å².